The number of rotatable bonds is 6. The second-order valence-corrected chi connectivity index (χ2v) is 12.2. The van der Waals surface area contributed by atoms with E-state index in [0.29, 0.717) is 19.4 Å². The lowest BCUT2D eigenvalue weighted by Gasteiger charge is -2.33. The molecule has 0 amide bonds. The molecule has 194 valence electrons. The Morgan fingerprint density at radius 2 is 1.92 bits per heavy atom. The van der Waals surface area contributed by atoms with Crippen LogP contribution in [-0.2, 0) is 32.2 Å². The van der Waals surface area contributed by atoms with Crippen LogP contribution in [0.25, 0.3) is 10.9 Å². The molecule has 1 unspecified atom stereocenters. The van der Waals surface area contributed by atoms with Gasteiger partial charge in [-0.05, 0) is 61.2 Å². The molecule has 1 saturated carbocycles. The number of nitrogens with zero attached hydrogens (tertiary/aromatic N) is 4. The Balaban J connectivity index is 1.10. The van der Waals surface area contributed by atoms with E-state index in [9.17, 15) is 9.59 Å². The van der Waals surface area contributed by atoms with Crippen LogP contribution >= 0.6 is 20.7 Å². The molecule has 0 N–H and O–H groups in total. The molecule has 3 heterocycles. The average Bonchev–Trinajstić information content (AvgIpc) is 3.57. The molecule has 2 aliphatic rings. The lowest BCUT2D eigenvalue weighted by molar-refractivity contribution is -0.225. The molecule has 38 heavy (non-hydrogen) atoms. The fraction of sp³-hybridized carbons (Fsp3) is 0.286. The van der Waals surface area contributed by atoms with Crippen molar-refractivity contribution in [3.8, 4) is 5.75 Å². The first kappa shape index (κ1) is 24.7. The van der Waals surface area contributed by atoms with Gasteiger partial charge in [0.15, 0.2) is 3.51 Å². The molecule has 2 aromatic carbocycles. The number of aromatic nitrogens is 4. The van der Waals surface area contributed by atoms with Gasteiger partial charge in [0.05, 0.1) is 11.7 Å². The Hall–Kier alpha value is -3.67. The van der Waals surface area contributed by atoms with Crippen LogP contribution in [0.1, 0.15) is 43.4 Å². The Bertz CT molecular complexity index is 1530. The molecule has 1 aliphatic heterocycles. The first-order valence-corrected chi connectivity index (χ1v) is 14.6. The molecule has 1 spiro atoms. The Morgan fingerprint density at radius 1 is 1.11 bits per heavy atom. The maximum Gasteiger partial charge on any atom is 0.354 e. The van der Waals surface area contributed by atoms with Crippen molar-refractivity contribution in [2.24, 2.45) is 0 Å². The van der Waals surface area contributed by atoms with Crippen LogP contribution in [0.5, 0.6) is 5.75 Å². The molecule has 1 aliphatic carbocycles. The van der Waals surface area contributed by atoms with Crippen molar-refractivity contribution in [1.82, 2.24) is 20.0 Å². The van der Waals surface area contributed by atoms with Crippen molar-refractivity contribution >= 4 is 47.1 Å². The zero-order chi connectivity index (χ0) is 26.1. The van der Waals surface area contributed by atoms with E-state index in [1.807, 2.05) is 67.7 Å². The molecular formula is C28H25IN4O5. The Kier molecular flexibility index (Phi) is 6.64. The summed E-state index contributed by atoms with van der Waals surface area (Å²) in [4.78, 5) is 30.2. The summed E-state index contributed by atoms with van der Waals surface area (Å²) in [6, 6.07) is 17.5. The summed E-state index contributed by atoms with van der Waals surface area (Å²) >= 11 is -1.05. The third kappa shape index (κ3) is 5.04. The van der Waals surface area contributed by atoms with E-state index in [-0.39, 0.29) is 9.43 Å². The smallest absolute Gasteiger partial charge is 0.354 e. The number of halogens is 1. The highest BCUT2D eigenvalue weighted by Crippen LogP contribution is 2.46. The highest BCUT2D eigenvalue weighted by atomic mass is 127. The number of pyridine rings is 1. The summed E-state index contributed by atoms with van der Waals surface area (Å²) in [5, 5.41) is 9.07. The second-order valence-electron chi connectivity index (χ2n) is 9.30. The van der Waals surface area contributed by atoms with Crippen LogP contribution in [0, 0.1) is 3.57 Å². The summed E-state index contributed by atoms with van der Waals surface area (Å²) in [7, 11) is 0. The van der Waals surface area contributed by atoms with Gasteiger partial charge in [0.1, 0.15) is 18.1 Å². The molecule has 10 heteroatoms. The molecule has 0 bridgehead atoms. The predicted octanol–water partition coefficient (Wildman–Crippen LogP) is 4.50. The first-order valence-electron chi connectivity index (χ1n) is 12.5. The highest BCUT2D eigenvalue weighted by Gasteiger charge is 2.51. The number of carbonyl (C=O) groups excluding carboxylic acids is 2. The topological polar surface area (TPSA) is 105 Å². The van der Waals surface area contributed by atoms with Gasteiger partial charge in [-0.1, -0.05) is 44.1 Å². The van der Waals surface area contributed by atoms with Gasteiger partial charge in [0, 0.05) is 34.5 Å². The predicted molar refractivity (Wildman–Crippen MR) is 147 cm³/mol. The van der Waals surface area contributed by atoms with Crippen LogP contribution in [-0.4, -0.2) is 41.2 Å². The molecule has 2 fully saturated rings. The zero-order valence-corrected chi connectivity index (χ0v) is 22.8. The van der Waals surface area contributed by atoms with E-state index in [0.717, 1.165) is 44.4 Å². The summed E-state index contributed by atoms with van der Waals surface area (Å²) in [5.41, 5.74) is 2.73. The van der Waals surface area contributed by atoms with E-state index < -0.39 is 38.5 Å². The normalized spacial score (nSPS) is 21.1. The van der Waals surface area contributed by atoms with Crippen molar-refractivity contribution in [2.75, 3.05) is 0 Å². The Labute approximate surface area is 228 Å². The van der Waals surface area contributed by atoms with Crippen LogP contribution in [0.2, 0.25) is 0 Å². The third-order valence-corrected chi connectivity index (χ3v) is 9.48. The van der Waals surface area contributed by atoms with Crippen molar-refractivity contribution in [3.63, 3.8) is 0 Å². The van der Waals surface area contributed by atoms with E-state index in [4.69, 9.17) is 14.2 Å². The standard InChI is InChI=1S/C28H25IN4O5/c1-2-33-16-22(31-32-33)17-36-23-8-5-18(6-9-23)20-11-12-28(15-20)37-26(34)25(27(35)38-28)29-21-7-10-24-19(14-21)4-3-13-30-24/h3-10,13-14,16,20H,2,11-12,15,17H2,1H3. The summed E-state index contributed by atoms with van der Waals surface area (Å²) in [5.74, 6) is -1.46. The number of aryl methyl sites for hydroxylation is 1. The maximum atomic E-state index is 13.0. The lowest BCUT2D eigenvalue weighted by Crippen LogP contribution is -2.48. The minimum atomic E-state index is -1.19. The van der Waals surface area contributed by atoms with Crippen molar-refractivity contribution in [3.05, 3.63) is 81.8 Å². The zero-order valence-electron chi connectivity index (χ0n) is 20.7. The van der Waals surface area contributed by atoms with Gasteiger partial charge < -0.3 is 14.2 Å². The van der Waals surface area contributed by atoms with Gasteiger partial charge in [-0.3, -0.25) is 9.67 Å². The summed E-state index contributed by atoms with van der Waals surface area (Å²) in [6.07, 6.45) is 5.28. The quantitative estimate of drug-likeness (QED) is 0.228. The summed E-state index contributed by atoms with van der Waals surface area (Å²) in [6.45, 7) is 3.11. The number of esters is 2. The number of hydrogen-bond acceptors (Lipinski definition) is 8. The maximum absolute atomic E-state index is 13.0. The molecule has 4 aromatic rings. The minimum absolute atomic E-state index is 0.110. The van der Waals surface area contributed by atoms with E-state index in [1.54, 1.807) is 10.9 Å². The largest absolute Gasteiger partial charge is 0.487 e. The van der Waals surface area contributed by atoms with Gasteiger partial charge in [-0.25, -0.2) is 9.59 Å². The van der Waals surface area contributed by atoms with Crippen molar-refractivity contribution < 1.29 is 23.8 Å². The summed E-state index contributed by atoms with van der Waals surface area (Å²) < 4.78 is 20.3. The fourth-order valence-electron chi connectivity index (χ4n) is 4.82. The van der Waals surface area contributed by atoms with Gasteiger partial charge in [0.2, 0.25) is 0 Å². The highest BCUT2D eigenvalue weighted by molar-refractivity contribution is 14.2. The van der Waals surface area contributed by atoms with Gasteiger partial charge >= 0.3 is 11.9 Å². The number of hydrogen-bond donors (Lipinski definition) is 0. The lowest BCUT2D eigenvalue weighted by atomic mass is 9.97. The SMILES string of the molecule is CCn1cc(COc2ccc(C3CCC4(C3)OC(=O)C(=Ic3ccc5ncccc5c3)C(=O)O4)cc2)nn1. The van der Waals surface area contributed by atoms with Crippen LogP contribution in [0.3, 0.4) is 0 Å². The number of benzene rings is 2. The molecule has 1 atom stereocenters. The van der Waals surface area contributed by atoms with E-state index in [2.05, 4.69) is 15.3 Å². The molecule has 0 radical (unpaired) electrons. The average molecular weight is 624 g/mol. The number of carbonyl (C=O) groups is 2. The van der Waals surface area contributed by atoms with Crippen LogP contribution < -0.4 is 4.74 Å². The first-order chi connectivity index (χ1) is 18.5. The van der Waals surface area contributed by atoms with Crippen molar-refractivity contribution in [2.45, 2.75) is 51.0 Å². The molecule has 9 nitrogen and oxygen atoms in total. The molecule has 2 aromatic heterocycles. The van der Waals surface area contributed by atoms with Crippen LogP contribution in [0.4, 0.5) is 0 Å². The van der Waals surface area contributed by atoms with E-state index >= 15 is 0 Å². The number of ether oxygens (including phenoxy) is 3. The van der Waals surface area contributed by atoms with Crippen LogP contribution in [0.15, 0.2) is 67.0 Å². The molecule has 1 saturated heterocycles. The minimum Gasteiger partial charge on any atom is -0.487 e. The Morgan fingerprint density at radius 3 is 2.68 bits per heavy atom. The molecule has 6 rings (SSSR count). The van der Waals surface area contributed by atoms with Gasteiger partial charge in [0.25, 0.3) is 5.79 Å². The van der Waals surface area contributed by atoms with E-state index in [1.165, 1.54) is 0 Å². The van der Waals surface area contributed by atoms with Gasteiger partial charge in [-0.2, -0.15) is 0 Å². The molecular weight excluding hydrogens is 599 g/mol. The van der Waals surface area contributed by atoms with Crippen molar-refractivity contribution in [1.29, 1.82) is 0 Å². The second kappa shape index (κ2) is 10.2. The fourth-order valence-corrected chi connectivity index (χ4v) is 6.95. The monoisotopic (exact) mass is 624 g/mol. The third-order valence-electron chi connectivity index (χ3n) is 6.76. The van der Waals surface area contributed by atoms with Gasteiger partial charge in [-0.15, -0.1) is 5.10 Å². The number of fused-ring (bicyclic) bond motifs is 1.